The molecule has 0 radical (unpaired) electrons. The highest BCUT2D eigenvalue weighted by molar-refractivity contribution is 7.47. The Balaban J connectivity index is 5.23. The largest absolute Gasteiger partial charge is 0.472 e. The lowest BCUT2D eigenvalue weighted by molar-refractivity contribution is -0.161. The fourth-order valence-electron chi connectivity index (χ4n) is 11.6. The lowest BCUT2D eigenvalue weighted by atomic mass is 10.0. The van der Waals surface area contributed by atoms with Gasteiger partial charge < -0.3 is 33.8 Å². The Kier molecular flexibility index (Phi) is 67.2. The third-order valence-electron chi connectivity index (χ3n) is 17.8. The topological polar surface area (TPSA) is 237 Å². The first kappa shape index (κ1) is 95.5. The average Bonchev–Trinajstić information content (AvgIpc) is 1.01. The highest BCUT2D eigenvalue weighted by Crippen LogP contribution is 2.45. The molecule has 0 heterocycles. The van der Waals surface area contributed by atoms with E-state index in [1.807, 2.05) is 0 Å². The molecule has 3 N–H and O–H groups in total. The second-order valence-electron chi connectivity index (χ2n) is 29.2. The molecule has 98 heavy (non-hydrogen) atoms. The molecular weight excluding hydrogens is 1280 g/mol. The maximum Gasteiger partial charge on any atom is 0.472 e. The van der Waals surface area contributed by atoms with E-state index >= 15 is 0 Å². The number of carbonyl (C=O) groups is 4. The molecule has 5 atom stereocenters. The van der Waals surface area contributed by atoms with Crippen LogP contribution in [-0.2, 0) is 65.4 Å². The van der Waals surface area contributed by atoms with Crippen molar-refractivity contribution in [3.63, 3.8) is 0 Å². The van der Waals surface area contributed by atoms with Crippen molar-refractivity contribution in [1.29, 1.82) is 0 Å². The number of aliphatic hydroxyl groups is 1. The van der Waals surface area contributed by atoms with E-state index in [-0.39, 0.29) is 25.7 Å². The molecule has 0 aliphatic heterocycles. The van der Waals surface area contributed by atoms with E-state index in [9.17, 15) is 43.2 Å². The van der Waals surface area contributed by atoms with E-state index in [0.717, 1.165) is 115 Å². The molecule has 19 heteroatoms. The van der Waals surface area contributed by atoms with Gasteiger partial charge in [0.05, 0.1) is 26.4 Å². The van der Waals surface area contributed by atoms with E-state index in [0.29, 0.717) is 31.6 Å². The molecule has 0 saturated heterocycles. The van der Waals surface area contributed by atoms with Gasteiger partial charge in [-0.2, -0.15) is 0 Å². The molecule has 0 aromatic rings. The predicted molar refractivity (Wildman–Crippen MR) is 400 cm³/mol. The Labute approximate surface area is 599 Å². The molecular formula is C79H150O17P2. The second kappa shape index (κ2) is 68.9. The number of rotatable bonds is 75. The van der Waals surface area contributed by atoms with Gasteiger partial charge in [-0.15, -0.1) is 0 Å². The fraction of sp³-hybridized carbons (Fsp3) is 0.899. The summed E-state index contributed by atoms with van der Waals surface area (Å²) in [5, 5.41) is 10.6. The minimum absolute atomic E-state index is 0.0851. The minimum Gasteiger partial charge on any atom is -0.462 e. The van der Waals surface area contributed by atoms with Crippen LogP contribution in [0.15, 0.2) is 24.3 Å². The monoisotopic (exact) mass is 1430 g/mol. The van der Waals surface area contributed by atoms with Crippen molar-refractivity contribution in [2.45, 2.75) is 401 Å². The summed E-state index contributed by atoms with van der Waals surface area (Å²) in [6, 6.07) is 0. The van der Waals surface area contributed by atoms with Gasteiger partial charge in [-0.25, -0.2) is 9.13 Å². The Morgan fingerprint density at radius 2 is 0.551 bits per heavy atom. The van der Waals surface area contributed by atoms with E-state index in [2.05, 4.69) is 72.8 Å². The van der Waals surface area contributed by atoms with Crippen LogP contribution in [0.25, 0.3) is 0 Å². The molecule has 0 spiro atoms. The Hall–Kier alpha value is -2.46. The zero-order valence-electron chi connectivity index (χ0n) is 63.7. The third-order valence-corrected chi connectivity index (χ3v) is 19.7. The first-order chi connectivity index (χ1) is 47.2. The van der Waals surface area contributed by atoms with Crippen molar-refractivity contribution >= 4 is 39.5 Å². The fourth-order valence-corrected chi connectivity index (χ4v) is 13.2. The van der Waals surface area contributed by atoms with Gasteiger partial charge in [0.25, 0.3) is 0 Å². The van der Waals surface area contributed by atoms with Crippen LogP contribution in [0.4, 0.5) is 0 Å². The van der Waals surface area contributed by atoms with E-state index in [1.54, 1.807) is 0 Å². The molecule has 0 aromatic heterocycles. The van der Waals surface area contributed by atoms with Crippen LogP contribution in [-0.4, -0.2) is 96.7 Å². The first-order valence-corrected chi connectivity index (χ1v) is 43.2. The second-order valence-corrected chi connectivity index (χ2v) is 32.1. The van der Waals surface area contributed by atoms with Gasteiger partial charge >= 0.3 is 39.5 Å². The maximum absolute atomic E-state index is 13.1. The standard InChI is InChI=1S/C79H150O17P2/c1-8-9-10-11-12-13-14-15-20-25-28-31-41-48-55-62-78(83)95-74(66-89-76(81)60-53-46-39-30-27-24-22-19-17-16-18-21-23-26-29-36-43-50-57-70(2)3)68-93-97(85,86)91-64-73(80)65-92-98(87,88)94-69-75(96-79(84)63-56-49-42-35-33-38-45-52-59-72(6)7)67-90-77(82)61-54-47-40-34-32-37-44-51-58-71(4)5/h13-15,20,70-75,80H,8-12,16-19,21-69H2,1-7H3,(H,85,86)(H,87,88)/b14-13-,20-15-/t73?,74-,75-/m1/s1. The lowest BCUT2D eigenvalue weighted by Gasteiger charge is -2.21. The van der Waals surface area contributed by atoms with Gasteiger partial charge in [-0.1, -0.05) is 330 Å². The van der Waals surface area contributed by atoms with Crippen LogP contribution in [0.3, 0.4) is 0 Å². The molecule has 0 aromatic carbocycles. The van der Waals surface area contributed by atoms with Gasteiger partial charge in [-0.05, 0) is 69.1 Å². The van der Waals surface area contributed by atoms with Crippen molar-refractivity contribution in [2.75, 3.05) is 39.6 Å². The molecule has 0 fully saturated rings. The summed E-state index contributed by atoms with van der Waals surface area (Å²) in [6.45, 7) is 11.8. The Morgan fingerprint density at radius 3 is 0.827 bits per heavy atom. The summed E-state index contributed by atoms with van der Waals surface area (Å²) in [5.41, 5.74) is 0. The Bertz CT molecular complexity index is 2000. The van der Waals surface area contributed by atoms with Crippen molar-refractivity contribution < 1.29 is 80.2 Å². The number of hydrogen-bond acceptors (Lipinski definition) is 15. The molecule has 17 nitrogen and oxygen atoms in total. The Morgan fingerprint density at radius 1 is 0.316 bits per heavy atom. The van der Waals surface area contributed by atoms with Crippen molar-refractivity contribution in [3.05, 3.63) is 24.3 Å². The van der Waals surface area contributed by atoms with Gasteiger partial charge in [0, 0.05) is 25.7 Å². The van der Waals surface area contributed by atoms with E-state index < -0.39 is 97.5 Å². The van der Waals surface area contributed by atoms with Gasteiger partial charge in [0.2, 0.25) is 0 Å². The van der Waals surface area contributed by atoms with E-state index in [1.165, 1.54) is 180 Å². The number of hydrogen-bond donors (Lipinski definition) is 3. The lowest BCUT2D eigenvalue weighted by Crippen LogP contribution is -2.30. The summed E-state index contributed by atoms with van der Waals surface area (Å²) >= 11 is 0. The summed E-state index contributed by atoms with van der Waals surface area (Å²) in [6.07, 6.45) is 59.3. The molecule has 0 amide bonds. The first-order valence-electron chi connectivity index (χ1n) is 40.2. The zero-order valence-corrected chi connectivity index (χ0v) is 65.5. The van der Waals surface area contributed by atoms with Crippen molar-refractivity contribution in [1.82, 2.24) is 0 Å². The van der Waals surface area contributed by atoms with E-state index in [4.69, 9.17) is 37.0 Å². The number of carbonyl (C=O) groups excluding carboxylic acids is 4. The van der Waals surface area contributed by atoms with Gasteiger partial charge in [-0.3, -0.25) is 37.3 Å². The average molecular weight is 1430 g/mol. The van der Waals surface area contributed by atoms with Crippen LogP contribution in [0.2, 0.25) is 0 Å². The maximum atomic E-state index is 13.1. The quantitative estimate of drug-likeness (QED) is 0.0169. The molecule has 3 unspecified atom stereocenters. The highest BCUT2D eigenvalue weighted by atomic mass is 31.2. The zero-order chi connectivity index (χ0) is 72.3. The SMILES string of the molecule is CCCCCC/C=C\C=C/CCCCCCCC(=O)O[C@H](COC(=O)CCCCCCCCCCCCCCCCCCCCC(C)C)COP(=O)(O)OCC(O)COP(=O)(O)OC[C@@H](COC(=O)CCCCCCCCCCC(C)C)OC(=O)CCCCCCCCCCC(C)C. The van der Waals surface area contributed by atoms with Crippen LogP contribution >= 0.6 is 15.6 Å². The molecule has 0 aliphatic carbocycles. The number of phosphoric acid groups is 2. The normalized spacial score (nSPS) is 14.2. The van der Waals surface area contributed by atoms with Crippen molar-refractivity contribution in [3.8, 4) is 0 Å². The van der Waals surface area contributed by atoms with Crippen LogP contribution in [0, 0.1) is 17.8 Å². The minimum atomic E-state index is -4.97. The van der Waals surface area contributed by atoms with Crippen molar-refractivity contribution in [2.24, 2.45) is 17.8 Å². The van der Waals surface area contributed by atoms with Gasteiger partial charge in [0.15, 0.2) is 12.2 Å². The predicted octanol–water partition coefficient (Wildman–Crippen LogP) is 22.9. The third kappa shape index (κ3) is 71.9. The van der Waals surface area contributed by atoms with Gasteiger partial charge in [0.1, 0.15) is 19.3 Å². The summed E-state index contributed by atoms with van der Waals surface area (Å²) in [7, 11) is -9.93. The van der Waals surface area contributed by atoms with Crippen LogP contribution < -0.4 is 0 Å². The summed E-state index contributed by atoms with van der Waals surface area (Å²) in [4.78, 5) is 72.8. The molecule has 0 aliphatic rings. The molecule has 0 rings (SSSR count). The number of ether oxygens (including phenoxy) is 4. The number of unbranched alkanes of at least 4 members (excludes halogenated alkanes) is 40. The number of aliphatic hydroxyl groups excluding tert-OH is 1. The molecule has 0 saturated carbocycles. The summed E-state index contributed by atoms with van der Waals surface area (Å²) in [5.74, 6) is 0.115. The van der Waals surface area contributed by atoms with Crippen LogP contribution in [0.5, 0.6) is 0 Å². The number of allylic oxidation sites excluding steroid dienone is 4. The smallest absolute Gasteiger partial charge is 0.462 e. The molecule has 578 valence electrons. The van der Waals surface area contributed by atoms with Crippen LogP contribution in [0.1, 0.15) is 382 Å². The highest BCUT2D eigenvalue weighted by Gasteiger charge is 2.30. The number of esters is 4. The summed E-state index contributed by atoms with van der Waals surface area (Å²) < 4.78 is 68.5. The number of phosphoric ester groups is 2. The molecule has 0 bridgehead atoms.